The molecule has 0 bridgehead atoms. The molecule has 0 rings (SSSR count). The van der Waals surface area contributed by atoms with Gasteiger partial charge in [-0.2, -0.15) is 0 Å². The fourth-order valence-corrected chi connectivity index (χ4v) is 5.04. The van der Waals surface area contributed by atoms with Crippen molar-refractivity contribution < 1.29 is 97.5 Å². The quantitative estimate of drug-likeness (QED) is 0.0425. The summed E-state index contributed by atoms with van der Waals surface area (Å²) in [6.07, 6.45) is 2.59. The van der Waals surface area contributed by atoms with Crippen molar-refractivity contribution in [2.75, 3.05) is 27.4 Å². The molecular formula is C44H68K2Na4O20. The van der Waals surface area contributed by atoms with E-state index < -0.39 is 59.7 Å². The Morgan fingerprint density at radius 2 is 0.514 bits per heavy atom. The van der Waals surface area contributed by atoms with Gasteiger partial charge in [0.2, 0.25) is 0 Å². The van der Waals surface area contributed by atoms with Crippen LogP contribution in [0.15, 0.2) is 55.7 Å². The number of ether oxygens (including phenoxy) is 4. The van der Waals surface area contributed by atoms with Gasteiger partial charge < -0.3 is 49.6 Å². The number of methoxy groups -OCH3 is 2. The number of carboxylic acid groups (broad SMARTS) is 6. The molecule has 0 aromatic rings. The summed E-state index contributed by atoms with van der Waals surface area (Å²) in [5.41, 5.74) is 1.32. The summed E-state index contributed by atoms with van der Waals surface area (Å²) < 4.78 is 18.8. The van der Waals surface area contributed by atoms with Crippen LogP contribution in [-0.2, 0) is 66.9 Å². The molecule has 0 saturated carbocycles. The molecule has 0 aliphatic carbocycles. The molecule has 0 aliphatic rings. The van der Waals surface area contributed by atoms with E-state index >= 15 is 0 Å². The average Bonchev–Trinajstić information content (AvgIpc) is 3.23. The second kappa shape index (κ2) is 58.9. The van der Waals surface area contributed by atoms with Gasteiger partial charge in [0, 0.05) is 277 Å². The van der Waals surface area contributed by atoms with E-state index in [0.717, 1.165) is 0 Å². The Balaban J connectivity index is -0.0000000680. The zero-order valence-corrected chi connectivity index (χ0v) is 59.7. The molecule has 6 N–H and O–H groups in total. The van der Waals surface area contributed by atoms with Crippen molar-refractivity contribution >= 4 is 281 Å². The Bertz CT molecular complexity index is 1700. The molecule has 0 unspecified atom stereocenters. The number of rotatable bonds is 20. The van der Waals surface area contributed by atoms with Gasteiger partial charge in [-0.1, -0.05) is 55.4 Å². The summed E-state index contributed by atoms with van der Waals surface area (Å²) >= 11 is 0. The van der Waals surface area contributed by atoms with Gasteiger partial charge in [-0.3, -0.25) is 0 Å². The molecule has 6 radical (unpaired) electrons. The maximum Gasteiger partial charge on any atom is 0.334 e. The van der Waals surface area contributed by atoms with Crippen LogP contribution in [0.2, 0.25) is 0 Å². The SMILES string of the molecule is CC/C(C(=O)O)=C(\C)C(=O)O.CC/C(C(=O)O)=C(\CC)C(=O)O.CC/C(C(=O)O)=C(\CC)C(=O)O.CC/C(C(=O)OC)=C(\C)C(=O)OC.CCOC(=O)/C(CC)=C(/CC)C(=O)OCC.[K].[K].[Na].[Na].[Na].[Na]. The first-order valence-electron chi connectivity index (χ1n) is 20.2. The molecule has 0 amide bonds. The number of carbonyl (C=O) groups excluding carboxylic acids is 4. The van der Waals surface area contributed by atoms with Crippen LogP contribution in [0.1, 0.15) is 134 Å². The molecule has 0 heterocycles. The van der Waals surface area contributed by atoms with Crippen LogP contribution in [-0.4, -0.2) is 339 Å². The number of hydrogen-bond donors (Lipinski definition) is 6. The van der Waals surface area contributed by atoms with Crippen LogP contribution in [0.4, 0.5) is 0 Å². The van der Waals surface area contributed by atoms with Crippen LogP contribution in [0.3, 0.4) is 0 Å². The Hall–Kier alpha value is 0.673. The first-order chi connectivity index (χ1) is 29.8. The number of hydrogen-bond acceptors (Lipinski definition) is 14. The van der Waals surface area contributed by atoms with Gasteiger partial charge in [0.05, 0.1) is 27.4 Å². The minimum absolute atomic E-state index is 0. The van der Waals surface area contributed by atoms with E-state index in [4.69, 9.17) is 40.1 Å². The predicted molar refractivity (Wildman–Crippen MR) is 266 cm³/mol. The molecule has 0 aromatic carbocycles. The third kappa shape index (κ3) is 41.9. The second-order valence-corrected chi connectivity index (χ2v) is 12.2. The molecular weight excluding hydrogens is 1020 g/mol. The molecule has 20 nitrogen and oxygen atoms in total. The van der Waals surface area contributed by atoms with Crippen molar-refractivity contribution in [3.8, 4) is 0 Å². The Morgan fingerprint density at radius 3 is 0.643 bits per heavy atom. The van der Waals surface area contributed by atoms with Gasteiger partial charge in [-0.05, 0) is 79.1 Å². The van der Waals surface area contributed by atoms with Gasteiger partial charge in [-0.25, -0.2) is 47.9 Å². The van der Waals surface area contributed by atoms with E-state index in [1.165, 1.54) is 21.1 Å². The summed E-state index contributed by atoms with van der Waals surface area (Å²) in [7, 11) is 2.55. The summed E-state index contributed by atoms with van der Waals surface area (Å²) in [5, 5.41) is 51.3. The summed E-state index contributed by atoms with van der Waals surface area (Å²) in [6, 6.07) is 0. The molecule has 370 valence electrons. The topological polar surface area (TPSA) is 329 Å². The first kappa shape index (κ1) is 96.3. The van der Waals surface area contributed by atoms with Crippen molar-refractivity contribution in [2.45, 2.75) is 134 Å². The van der Waals surface area contributed by atoms with E-state index in [9.17, 15) is 47.9 Å². The minimum atomic E-state index is -1.18. The predicted octanol–water partition coefficient (Wildman–Crippen LogP) is 4.43. The molecule has 0 saturated heterocycles. The minimum Gasteiger partial charge on any atom is -0.478 e. The molecule has 26 heteroatoms. The van der Waals surface area contributed by atoms with Gasteiger partial charge in [0.1, 0.15) is 0 Å². The largest absolute Gasteiger partial charge is 0.478 e. The van der Waals surface area contributed by atoms with E-state index in [1.807, 2.05) is 13.8 Å². The number of carbonyl (C=O) groups is 10. The van der Waals surface area contributed by atoms with E-state index in [-0.39, 0.29) is 287 Å². The van der Waals surface area contributed by atoms with Crippen LogP contribution in [0.5, 0.6) is 0 Å². The van der Waals surface area contributed by atoms with Gasteiger partial charge in [0.15, 0.2) is 0 Å². The van der Waals surface area contributed by atoms with E-state index in [2.05, 4.69) is 9.47 Å². The summed E-state index contributed by atoms with van der Waals surface area (Å²) in [4.78, 5) is 108. The van der Waals surface area contributed by atoms with Crippen molar-refractivity contribution in [3.05, 3.63) is 55.7 Å². The number of aliphatic carboxylic acids is 6. The molecule has 0 atom stereocenters. The molecule has 0 aliphatic heterocycles. The zero-order valence-electron chi connectivity index (χ0n) is 45.5. The van der Waals surface area contributed by atoms with Gasteiger partial charge in [0.25, 0.3) is 0 Å². The Morgan fingerprint density at radius 1 is 0.300 bits per heavy atom. The molecule has 70 heavy (non-hydrogen) atoms. The average molecular weight is 1090 g/mol. The second-order valence-electron chi connectivity index (χ2n) is 12.2. The van der Waals surface area contributed by atoms with Crippen molar-refractivity contribution in [2.24, 2.45) is 0 Å². The van der Waals surface area contributed by atoms with Crippen molar-refractivity contribution in [1.82, 2.24) is 0 Å². The number of carboxylic acids is 6. The summed E-state index contributed by atoms with van der Waals surface area (Å²) in [6.45, 7) is 20.5. The zero-order chi connectivity index (χ0) is 51.4. The van der Waals surface area contributed by atoms with Crippen LogP contribution in [0.25, 0.3) is 0 Å². The van der Waals surface area contributed by atoms with Gasteiger partial charge >= 0.3 is 59.7 Å². The maximum atomic E-state index is 11.6. The van der Waals surface area contributed by atoms with Crippen LogP contribution >= 0.6 is 0 Å². The third-order valence-electron chi connectivity index (χ3n) is 8.41. The third-order valence-corrected chi connectivity index (χ3v) is 8.41. The van der Waals surface area contributed by atoms with E-state index in [0.29, 0.717) is 54.8 Å². The Kier molecular flexibility index (Phi) is 81.1. The van der Waals surface area contributed by atoms with Crippen molar-refractivity contribution in [1.29, 1.82) is 0 Å². The monoisotopic (exact) mass is 1090 g/mol. The fourth-order valence-electron chi connectivity index (χ4n) is 5.04. The van der Waals surface area contributed by atoms with Gasteiger partial charge in [-0.15, -0.1) is 0 Å². The summed E-state index contributed by atoms with van der Waals surface area (Å²) in [5.74, 6) is -8.73. The standard InChI is InChI=1S/C12H20O4.C9H14O4.2C8H12O4.C7H10O4.2K.4Na/c1-5-9(11(13)15-7-3)10(6-2)12(14)16-8-4;1-5-7(9(11)13-4)6(2)8(10)12-3;2*1-3-5(7(9)10)6(4-2)8(11)12;1-3-5(7(10)11)4(2)6(8)9;;;;;;/h5-8H2,1-4H3;5H2,1-4H3;2*3-4H2,1-2H3,(H,9,10)(H,11,12);3H2,1-2H3,(H,8,9)(H,10,11);;;;;;/b10-9-;7-6-;2*6-5-;5-4-;;;;;;. The fraction of sp³-hybridized carbons (Fsp3) is 0.545. The molecule has 0 spiro atoms. The number of esters is 4. The van der Waals surface area contributed by atoms with E-state index in [1.54, 1.807) is 62.3 Å². The Labute approximate surface area is 585 Å². The van der Waals surface area contributed by atoms with Crippen LogP contribution in [0, 0.1) is 0 Å². The van der Waals surface area contributed by atoms with Crippen molar-refractivity contribution in [3.63, 3.8) is 0 Å². The molecule has 0 fully saturated rings. The normalized spacial score (nSPS) is 10.9. The maximum absolute atomic E-state index is 11.6. The first-order valence-corrected chi connectivity index (χ1v) is 20.2. The van der Waals surface area contributed by atoms with Crippen LogP contribution < -0.4 is 0 Å². The molecule has 0 aromatic heterocycles. The smallest absolute Gasteiger partial charge is 0.334 e.